The van der Waals surface area contributed by atoms with Gasteiger partial charge in [0.05, 0.1) is 6.10 Å². The van der Waals surface area contributed by atoms with E-state index in [0.29, 0.717) is 0 Å². The zero-order chi connectivity index (χ0) is 13.7. The highest BCUT2D eigenvalue weighted by Crippen LogP contribution is 2.27. The minimum atomic E-state index is -0.715. The van der Waals surface area contributed by atoms with E-state index in [0.717, 1.165) is 17.1 Å². The SMILES string of the molecule is CNC(=O)N(N)c1ccc(F)cc1OC[C@H](C)O. The van der Waals surface area contributed by atoms with E-state index in [9.17, 15) is 9.18 Å². The summed E-state index contributed by atoms with van der Waals surface area (Å²) < 4.78 is 18.3. The molecule has 1 rings (SSSR count). The van der Waals surface area contributed by atoms with Crippen LogP contribution in [0.3, 0.4) is 0 Å². The Morgan fingerprint density at radius 1 is 1.67 bits per heavy atom. The Bertz CT molecular complexity index is 426. The van der Waals surface area contributed by atoms with Crippen molar-refractivity contribution in [2.75, 3.05) is 18.7 Å². The number of aliphatic hydroxyl groups is 1. The topological polar surface area (TPSA) is 87.8 Å². The molecule has 2 amide bonds. The van der Waals surface area contributed by atoms with Crippen LogP contribution in [0.4, 0.5) is 14.9 Å². The molecule has 1 aromatic rings. The fourth-order valence-corrected chi connectivity index (χ4v) is 1.24. The van der Waals surface area contributed by atoms with Gasteiger partial charge in [-0.15, -0.1) is 0 Å². The number of carbonyl (C=O) groups excluding carboxylic acids is 1. The van der Waals surface area contributed by atoms with E-state index in [1.165, 1.54) is 20.0 Å². The van der Waals surface area contributed by atoms with Crippen molar-refractivity contribution < 1.29 is 19.0 Å². The van der Waals surface area contributed by atoms with Crippen LogP contribution in [-0.4, -0.2) is 30.9 Å². The molecule has 100 valence electrons. The maximum absolute atomic E-state index is 13.1. The fraction of sp³-hybridized carbons (Fsp3) is 0.364. The predicted molar refractivity (Wildman–Crippen MR) is 64.7 cm³/mol. The molecule has 7 heteroatoms. The first-order valence-corrected chi connectivity index (χ1v) is 5.32. The number of urea groups is 1. The van der Waals surface area contributed by atoms with Crippen molar-refractivity contribution in [1.29, 1.82) is 0 Å². The lowest BCUT2D eigenvalue weighted by Gasteiger charge is -2.20. The molecule has 0 heterocycles. The Kier molecular flexibility index (Phi) is 4.87. The molecule has 0 aliphatic heterocycles. The highest BCUT2D eigenvalue weighted by atomic mass is 19.1. The number of hydrogen-bond donors (Lipinski definition) is 3. The van der Waals surface area contributed by atoms with Crippen molar-refractivity contribution in [3.8, 4) is 5.75 Å². The van der Waals surface area contributed by atoms with Gasteiger partial charge in [0, 0.05) is 13.1 Å². The summed E-state index contributed by atoms with van der Waals surface area (Å²) in [5, 5.41) is 12.3. The van der Waals surface area contributed by atoms with Gasteiger partial charge in [-0.05, 0) is 19.1 Å². The molecule has 0 fully saturated rings. The van der Waals surface area contributed by atoms with E-state index >= 15 is 0 Å². The first-order chi connectivity index (χ1) is 8.45. The summed E-state index contributed by atoms with van der Waals surface area (Å²) >= 11 is 0. The van der Waals surface area contributed by atoms with Crippen LogP contribution in [0.2, 0.25) is 0 Å². The minimum Gasteiger partial charge on any atom is -0.489 e. The molecule has 0 saturated carbocycles. The summed E-state index contributed by atoms with van der Waals surface area (Å²) in [4.78, 5) is 11.4. The maximum Gasteiger partial charge on any atom is 0.336 e. The van der Waals surface area contributed by atoms with Gasteiger partial charge in [-0.3, -0.25) is 0 Å². The van der Waals surface area contributed by atoms with Gasteiger partial charge in [0.15, 0.2) is 0 Å². The number of carbonyl (C=O) groups is 1. The van der Waals surface area contributed by atoms with Gasteiger partial charge < -0.3 is 15.2 Å². The molecular weight excluding hydrogens is 241 g/mol. The third-order valence-corrected chi connectivity index (χ3v) is 2.09. The molecule has 1 atom stereocenters. The van der Waals surface area contributed by atoms with Crippen LogP contribution in [0.25, 0.3) is 0 Å². The molecule has 0 bridgehead atoms. The summed E-state index contributed by atoms with van der Waals surface area (Å²) in [5.74, 6) is 5.12. The Morgan fingerprint density at radius 3 is 2.89 bits per heavy atom. The number of rotatable bonds is 4. The number of nitrogens with zero attached hydrogens (tertiary/aromatic N) is 1. The zero-order valence-corrected chi connectivity index (χ0v) is 10.2. The van der Waals surface area contributed by atoms with Crippen LogP contribution >= 0.6 is 0 Å². The van der Waals surface area contributed by atoms with Gasteiger partial charge in [-0.2, -0.15) is 0 Å². The van der Waals surface area contributed by atoms with Crippen molar-refractivity contribution in [1.82, 2.24) is 5.32 Å². The number of halogens is 1. The number of benzene rings is 1. The second-order valence-electron chi connectivity index (χ2n) is 3.70. The normalized spacial score (nSPS) is 11.8. The van der Waals surface area contributed by atoms with Gasteiger partial charge in [0.25, 0.3) is 0 Å². The second kappa shape index (κ2) is 6.18. The zero-order valence-electron chi connectivity index (χ0n) is 10.2. The molecule has 0 radical (unpaired) electrons. The Hall–Kier alpha value is -1.86. The van der Waals surface area contributed by atoms with Crippen LogP contribution in [-0.2, 0) is 0 Å². The van der Waals surface area contributed by atoms with Gasteiger partial charge in [0.2, 0.25) is 0 Å². The molecule has 4 N–H and O–H groups in total. The van der Waals surface area contributed by atoms with Crippen molar-refractivity contribution in [3.05, 3.63) is 24.0 Å². The van der Waals surface area contributed by atoms with Crippen LogP contribution < -0.4 is 20.9 Å². The van der Waals surface area contributed by atoms with Crippen molar-refractivity contribution in [3.63, 3.8) is 0 Å². The second-order valence-corrected chi connectivity index (χ2v) is 3.70. The quantitative estimate of drug-likeness (QED) is 0.419. The third-order valence-electron chi connectivity index (χ3n) is 2.09. The summed E-state index contributed by atoms with van der Waals surface area (Å²) in [5.41, 5.74) is 0.205. The number of hydrogen-bond acceptors (Lipinski definition) is 4. The van der Waals surface area contributed by atoms with Gasteiger partial charge in [-0.1, -0.05) is 0 Å². The van der Waals surface area contributed by atoms with Crippen LogP contribution in [0.1, 0.15) is 6.92 Å². The number of hydrazine groups is 1. The van der Waals surface area contributed by atoms with Crippen molar-refractivity contribution in [2.24, 2.45) is 5.84 Å². The fourth-order valence-electron chi connectivity index (χ4n) is 1.24. The molecule has 18 heavy (non-hydrogen) atoms. The molecule has 0 unspecified atom stereocenters. The number of anilines is 1. The lowest BCUT2D eigenvalue weighted by molar-refractivity contribution is 0.123. The smallest absolute Gasteiger partial charge is 0.336 e. The van der Waals surface area contributed by atoms with Gasteiger partial charge in [0.1, 0.15) is 23.9 Å². The third kappa shape index (κ3) is 3.57. The molecule has 0 aliphatic carbocycles. The average Bonchev–Trinajstić information content (AvgIpc) is 2.34. The molecule has 0 aromatic heterocycles. The summed E-state index contributed by atoms with van der Waals surface area (Å²) in [6.07, 6.45) is -0.715. The number of aliphatic hydroxyl groups excluding tert-OH is 1. The molecule has 0 saturated heterocycles. The minimum absolute atomic E-state index is 0.0297. The Balaban J connectivity index is 2.99. The number of nitrogens with two attached hydrogens (primary N) is 1. The van der Waals surface area contributed by atoms with E-state index in [4.69, 9.17) is 15.7 Å². The van der Waals surface area contributed by atoms with Crippen LogP contribution in [0.15, 0.2) is 18.2 Å². The lowest BCUT2D eigenvalue weighted by Crippen LogP contribution is -2.43. The van der Waals surface area contributed by atoms with Crippen molar-refractivity contribution in [2.45, 2.75) is 13.0 Å². The van der Waals surface area contributed by atoms with Crippen molar-refractivity contribution >= 4 is 11.7 Å². The first kappa shape index (κ1) is 14.2. The van der Waals surface area contributed by atoms with Gasteiger partial charge in [-0.25, -0.2) is 20.0 Å². The van der Waals surface area contributed by atoms with Gasteiger partial charge >= 0.3 is 6.03 Å². The van der Waals surface area contributed by atoms with Crippen LogP contribution in [0, 0.1) is 5.82 Å². The number of nitrogens with one attached hydrogen (secondary N) is 1. The summed E-state index contributed by atoms with van der Waals surface area (Å²) in [7, 11) is 1.42. The molecule has 6 nitrogen and oxygen atoms in total. The highest BCUT2D eigenvalue weighted by Gasteiger charge is 2.16. The Labute approximate surface area is 104 Å². The lowest BCUT2D eigenvalue weighted by atomic mass is 10.2. The molecule has 0 aliphatic rings. The highest BCUT2D eigenvalue weighted by molar-refractivity contribution is 5.92. The average molecular weight is 257 g/mol. The summed E-state index contributed by atoms with van der Waals surface area (Å²) in [6, 6.07) is 3.01. The first-order valence-electron chi connectivity index (χ1n) is 5.32. The Morgan fingerprint density at radius 2 is 2.33 bits per heavy atom. The predicted octanol–water partition coefficient (Wildman–Crippen LogP) is 0.605. The van der Waals surface area contributed by atoms with Crippen LogP contribution in [0.5, 0.6) is 5.75 Å². The standard InChI is InChI=1S/C11H16FN3O3/c1-7(16)6-18-10-5-8(12)3-4-9(10)15(13)11(17)14-2/h3-5,7,16H,6,13H2,1-2H3,(H,14,17)/t7-/m0/s1. The molecule has 0 spiro atoms. The largest absolute Gasteiger partial charge is 0.489 e. The van der Waals surface area contributed by atoms with E-state index < -0.39 is 18.0 Å². The number of amides is 2. The molecular formula is C11H16FN3O3. The maximum atomic E-state index is 13.1. The van der Waals surface area contributed by atoms with E-state index in [1.54, 1.807) is 0 Å². The monoisotopic (exact) mass is 257 g/mol. The number of ether oxygens (including phenoxy) is 1. The summed E-state index contributed by atoms with van der Waals surface area (Å²) in [6.45, 7) is 1.50. The van der Waals surface area contributed by atoms with E-state index in [-0.39, 0.29) is 18.0 Å². The van der Waals surface area contributed by atoms with E-state index in [2.05, 4.69) is 5.32 Å². The molecule has 1 aromatic carbocycles. The van der Waals surface area contributed by atoms with E-state index in [1.807, 2.05) is 0 Å².